The molecule has 0 amide bonds. The predicted molar refractivity (Wildman–Crippen MR) is 68.3 cm³/mol. The number of ether oxygens (including phenoxy) is 2. The molecule has 0 unspecified atom stereocenters. The van der Waals surface area contributed by atoms with E-state index in [1.54, 1.807) is 31.8 Å². The molecule has 2 aromatic rings. The molecule has 7 heteroatoms. The lowest BCUT2D eigenvalue weighted by Gasteiger charge is -2.03. The van der Waals surface area contributed by atoms with Crippen LogP contribution in [0.25, 0.3) is 0 Å². The zero-order valence-corrected chi connectivity index (χ0v) is 11.5. The van der Waals surface area contributed by atoms with E-state index in [4.69, 9.17) is 9.47 Å². The standard InChI is InChI=1S/C11H11BrN4O2/c1-17-9-5-10(18-2)16-11(15-9)14-8-4-3-7(12)6-13-8/h3-6H,1-2H3,(H,13,14,15,16)/p+1. The maximum Gasteiger partial charge on any atom is 0.338 e. The fraction of sp³-hybridized carbons (Fsp3) is 0.182. The van der Waals surface area contributed by atoms with Crippen LogP contribution in [0.2, 0.25) is 0 Å². The Balaban J connectivity index is 2.25. The summed E-state index contributed by atoms with van der Waals surface area (Å²) >= 11 is 3.33. The van der Waals surface area contributed by atoms with Gasteiger partial charge in [0.1, 0.15) is 0 Å². The highest BCUT2D eigenvalue weighted by Crippen LogP contribution is 2.15. The van der Waals surface area contributed by atoms with Crippen LogP contribution >= 0.6 is 15.9 Å². The molecule has 2 aromatic heterocycles. The number of pyridine rings is 1. The summed E-state index contributed by atoms with van der Waals surface area (Å²) in [5.41, 5.74) is 0. The molecule has 0 aliphatic heterocycles. The van der Waals surface area contributed by atoms with Gasteiger partial charge in [-0.3, -0.25) is 0 Å². The van der Waals surface area contributed by atoms with Crippen molar-refractivity contribution in [3.05, 3.63) is 28.9 Å². The predicted octanol–water partition coefficient (Wildman–Crippen LogP) is 1.18. The van der Waals surface area contributed by atoms with E-state index in [1.807, 2.05) is 12.1 Å². The summed E-state index contributed by atoms with van der Waals surface area (Å²) in [5.74, 6) is 2.14. The number of nitrogens with two attached hydrogens (primary N) is 1. The number of hydrogen-bond acceptors (Lipinski definition) is 5. The van der Waals surface area contributed by atoms with E-state index >= 15 is 0 Å². The topological polar surface area (TPSA) is 73.7 Å². The van der Waals surface area contributed by atoms with Crippen molar-refractivity contribution in [3.8, 4) is 11.8 Å². The van der Waals surface area contributed by atoms with Gasteiger partial charge in [0, 0.05) is 16.7 Å². The number of quaternary nitrogens is 1. The number of aromatic nitrogens is 3. The van der Waals surface area contributed by atoms with Crippen LogP contribution in [0.5, 0.6) is 11.8 Å². The van der Waals surface area contributed by atoms with Crippen LogP contribution in [0.15, 0.2) is 28.9 Å². The molecule has 18 heavy (non-hydrogen) atoms. The fourth-order valence-corrected chi connectivity index (χ4v) is 1.53. The Bertz CT molecular complexity index is 511. The molecule has 0 aliphatic rings. The lowest BCUT2D eigenvalue weighted by Crippen LogP contribution is -2.72. The Kier molecular flexibility index (Phi) is 4.06. The maximum absolute atomic E-state index is 5.08. The lowest BCUT2D eigenvalue weighted by atomic mass is 10.4. The van der Waals surface area contributed by atoms with Crippen molar-refractivity contribution in [2.45, 2.75) is 0 Å². The number of halogens is 1. The second-order valence-corrected chi connectivity index (χ2v) is 4.27. The second-order valence-electron chi connectivity index (χ2n) is 3.36. The van der Waals surface area contributed by atoms with Gasteiger partial charge < -0.3 is 9.47 Å². The molecule has 2 heterocycles. The summed E-state index contributed by atoms with van der Waals surface area (Å²) in [6.45, 7) is 0. The van der Waals surface area contributed by atoms with E-state index in [1.165, 1.54) is 0 Å². The molecule has 0 bridgehead atoms. The SMILES string of the molecule is COc1cc(OC)nc([NH2+]c2ccc(Br)cn2)n1. The Morgan fingerprint density at radius 3 is 2.28 bits per heavy atom. The van der Waals surface area contributed by atoms with Crippen molar-refractivity contribution < 1.29 is 14.8 Å². The van der Waals surface area contributed by atoms with Gasteiger partial charge >= 0.3 is 5.95 Å². The fourth-order valence-electron chi connectivity index (χ4n) is 1.30. The van der Waals surface area contributed by atoms with Crippen molar-refractivity contribution in [2.75, 3.05) is 14.2 Å². The van der Waals surface area contributed by atoms with Crippen molar-refractivity contribution in [1.29, 1.82) is 0 Å². The molecule has 0 saturated carbocycles. The first-order chi connectivity index (χ1) is 8.71. The van der Waals surface area contributed by atoms with E-state index in [-0.39, 0.29) is 0 Å². The molecule has 0 atom stereocenters. The van der Waals surface area contributed by atoms with Gasteiger partial charge in [-0.2, -0.15) is 0 Å². The quantitative estimate of drug-likeness (QED) is 0.917. The summed E-state index contributed by atoms with van der Waals surface area (Å²) < 4.78 is 11.1. The third-order valence-electron chi connectivity index (χ3n) is 2.14. The van der Waals surface area contributed by atoms with Crippen LogP contribution in [0, 0.1) is 0 Å². The van der Waals surface area contributed by atoms with E-state index in [2.05, 4.69) is 30.9 Å². The van der Waals surface area contributed by atoms with Crippen LogP contribution < -0.4 is 14.8 Å². The second kappa shape index (κ2) is 5.74. The van der Waals surface area contributed by atoms with Crippen LogP contribution in [0.4, 0.5) is 11.8 Å². The van der Waals surface area contributed by atoms with Gasteiger partial charge in [0.15, 0.2) is 0 Å². The molecule has 6 nitrogen and oxygen atoms in total. The van der Waals surface area contributed by atoms with E-state index < -0.39 is 0 Å². The molecular weight excluding hydrogens is 300 g/mol. The van der Waals surface area contributed by atoms with Gasteiger partial charge in [0.05, 0.1) is 20.3 Å². The molecule has 2 N–H and O–H groups in total. The van der Waals surface area contributed by atoms with Crippen LogP contribution in [0.1, 0.15) is 0 Å². The molecule has 0 aromatic carbocycles. The Morgan fingerprint density at radius 2 is 1.78 bits per heavy atom. The minimum atomic E-state index is 0.449. The Labute approximate surface area is 113 Å². The van der Waals surface area contributed by atoms with Gasteiger partial charge in [0.25, 0.3) is 0 Å². The monoisotopic (exact) mass is 311 g/mol. The first-order valence-electron chi connectivity index (χ1n) is 5.14. The number of methoxy groups -OCH3 is 2. The minimum Gasteiger partial charge on any atom is -0.481 e. The first-order valence-corrected chi connectivity index (χ1v) is 5.94. The van der Waals surface area contributed by atoms with Crippen molar-refractivity contribution in [3.63, 3.8) is 0 Å². The summed E-state index contributed by atoms with van der Waals surface area (Å²) in [7, 11) is 3.09. The third kappa shape index (κ3) is 3.14. The van der Waals surface area contributed by atoms with E-state index in [0.29, 0.717) is 17.7 Å². The largest absolute Gasteiger partial charge is 0.481 e. The number of hydrogen-bond donors (Lipinski definition) is 1. The number of nitrogens with zero attached hydrogens (tertiary/aromatic N) is 3. The third-order valence-corrected chi connectivity index (χ3v) is 2.61. The highest BCUT2D eigenvalue weighted by atomic mass is 79.9. The van der Waals surface area contributed by atoms with E-state index in [9.17, 15) is 0 Å². The van der Waals surface area contributed by atoms with Crippen LogP contribution in [0.3, 0.4) is 0 Å². The summed E-state index contributed by atoms with van der Waals surface area (Å²) in [4.78, 5) is 12.6. The molecule has 94 valence electrons. The van der Waals surface area contributed by atoms with Crippen molar-refractivity contribution >= 4 is 27.7 Å². The lowest BCUT2D eigenvalue weighted by molar-refractivity contribution is -0.491. The van der Waals surface area contributed by atoms with Crippen molar-refractivity contribution in [1.82, 2.24) is 15.0 Å². The van der Waals surface area contributed by atoms with Gasteiger partial charge in [0.2, 0.25) is 17.6 Å². The minimum absolute atomic E-state index is 0.449. The van der Waals surface area contributed by atoms with Gasteiger partial charge in [-0.05, 0) is 22.0 Å². The zero-order valence-electron chi connectivity index (χ0n) is 9.92. The van der Waals surface area contributed by atoms with Crippen LogP contribution in [-0.2, 0) is 0 Å². The first kappa shape index (κ1) is 12.7. The Morgan fingerprint density at radius 1 is 1.11 bits per heavy atom. The average molecular weight is 312 g/mol. The zero-order chi connectivity index (χ0) is 13.0. The Hall–Kier alpha value is -1.73. The average Bonchev–Trinajstić information content (AvgIpc) is 2.41. The van der Waals surface area contributed by atoms with Gasteiger partial charge in [-0.1, -0.05) is 0 Å². The van der Waals surface area contributed by atoms with Crippen LogP contribution in [-0.4, -0.2) is 29.2 Å². The molecule has 0 saturated heterocycles. The molecule has 0 radical (unpaired) electrons. The summed E-state index contributed by atoms with van der Waals surface area (Å²) in [6.07, 6.45) is 1.71. The summed E-state index contributed by atoms with van der Waals surface area (Å²) in [6, 6.07) is 5.38. The summed E-state index contributed by atoms with van der Waals surface area (Å²) in [5, 5.41) is 1.75. The van der Waals surface area contributed by atoms with Gasteiger partial charge in [-0.15, -0.1) is 9.97 Å². The normalized spacial score (nSPS) is 10.2. The molecule has 0 spiro atoms. The highest BCUT2D eigenvalue weighted by molar-refractivity contribution is 9.10. The molecule has 0 fully saturated rings. The molecule has 0 aliphatic carbocycles. The van der Waals surface area contributed by atoms with Gasteiger partial charge in [-0.25, -0.2) is 10.3 Å². The highest BCUT2D eigenvalue weighted by Gasteiger charge is 2.10. The van der Waals surface area contributed by atoms with E-state index in [0.717, 1.165) is 10.3 Å². The van der Waals surface area contributed by atoms with Crippen molar-refractivity contribution in [2.24, 2.45) is 0 Å². The number of rotatable bonds is 4. The smallest absolute Gasteiger partial charge is 0.338 e. The molecule has 2 rings (SSSR count). The molecular formula is C11H12BrN4O2+. The maximum atomic E-state index is 5.08.